The first kappa shape index (κ1) is 27.9. The van der Waals surface area contributed by atoms with Crippen molar-refractivity contribution >= 4 is 44.8 Å². The van der Waals surface area contributed by atoms with Crippen LogP contribution in [0.3, 0.4) is 0 Å². The molecule has 1 amide bonds. The number of ether oxygens (including phenoxy) is 1. The summed E-state index contributed by atoms with van der Waals surface area (Å²) >= 11 is 6.63. The first-order valence-electron chi connectivity index (χ1n) is 13.3. The molecule has 1 fully saturated rings. The maximum Gasteiger partial charge on any atom is 0.283 e. The maximum absolute atomic E-state index is 12.8. The molecule has 0 atom stereocenters. The van der Waals surface area contributed by atoms with Gasteiger partial charge in [0.15, 0.2) is 5.65 Å². The number of amides is 1. The lowest BCUT2D eigenvalue weighted by atomic mass is 9.90. The van der Waals surface area contributed by atoms with Crippen molar-refractivity contribution in [1.29, 1.82) is 0 Å². The Balaban J connectivity index is 1.30. The lowest BCUT2D eigenvalue weighted by Gasteiger charge is -2.21. The highest BCUT2D eigenvalue weighted by Crippen LogP contribution is 2.28. The summed E-state index contributed by atoms with van der Waals surface area (Å²) in [6.07, 6.45) is 7.69. The number of pyridine rings is 1. The molecule has 2 aromatic carbocycles. The van der Waals surface area contributed by atoms with E-state index in [0.29, 0.717) is 46.6 Å². The van der Waals surface area contributed by atoms with Gasteiger partial charge in [-0.05, 0) is 67.2 Å². The Labute approximate surface area is 239 Å². The highest BCUT2D eigenvalue weighted by molar-refractivity contribution is 7.93. The molecule has 1 aliphatic carbocycles. The van der Waals surface area contributed by atoms with E-state index in [1.54, 1.807) is 30.3 Å². The number of hydrogen-bond donors (Lipinski definition) is 1. The number of sulfonamides is 1. The van der Waals surface area contributed by atoms with E-state index in [4.69, 9.17) is 16.3 Å². The summed E-state index contributed by atoms with van der Waals surface area (Å²) in [5, 5.41) is 1.52. The van der Waals surface area contributed by atoms with Crippen LogP contribution in [0.5, 0.6) is 5.75 Å². The summed E-state index contributed by atoms with van der Waals surface area (Å²) in [5.41, 5.74) is 2.55. The van der Waals surface area contributed by atoms with Crippen LogP contribution in [0.15, 0.2) is 66.1 Å². The fourth-order valence-electron chi connectivity index (χ4n) is 4.86. The second-order valence-electron chi connectivity index (χ2n) is 10.0. The molecule has 4 aromatic rings. The number of halogens is 1. The normalized spacial score (nSPS) is 14.6. The van der Waals surface area contributed by atoms with Crippen molar-refractivity contribution in [2.45, 2.75) is 45.6 Å². The van der Waals surface area contributed by atoms with Crippen LogP contribution in [0.25, 0.3) is 17.2 Å². The van der Waals surface area contributed by atoms with Gasteiger partial charge >= 0.3 is 0 Å². The van der Waals surface area contributed by atoms with E-state index in [2.05, 4.69) is 14.7 Å². The molecule has 0 bridgehead atoms. The number of nitrogens with zero attached hydrogens (tertiary/aromatic N) is 3. The molecule has 208 valence electrons. The summed E-state index contributed by atoms with van der Waals surface area (Å²) in [5.74, 6) is 1.19. The summed E-state index contributed by atoms with van der Waals surface area (Å²) in [6.45, 7) is 2.92. The summed E-state index contributed by atoms with van der Waals surface area (Å²) < 4.78 is 34.9. The summed E-state index contributed by atoms with van der Waals surface area (Å²) in [6, 6.07) is 17.7. The Bertz CT molecular complexity index is 1650. The van der Waals surface area contributed by atoms with Crippen LogP contribution in [0.2, 0.25) is 5.02 Å². The molecule has 40 heavy (non-hydrogen) atoms. The minimum absolute atomic E-state index is 0.0390. The van der Waals surface area contributed by atoms with Crippen molar-refractivity contribution in [1.82, 2.24) is 19.3 Å². The van der Waals surface area contributed by atoms with Crippen molar-refractivity contribution in [2.75, 3.05) is 6.61 Å². The van der Waals surface area contributed by atoms with Gasteiger partial charge in [0, 0.05) is 5.02 Å². The maximum atomic E-state index is 12.8. The van der Waals surface area contributed by atoms with Crippen LogP contribution in [0.4, 0.5) is 0 Å². The molecule has 1 saturated carbocycles. The average Bonchev–Trinajstić information content (AvgIpc) is 3.27. The number of hydrogen-bond acceptors (Lipinski definition) is 6. The molecule has 1 aliphatic rings. The van der Waals surface area contributed by atoms with E-state index < -0.39 is 15.9 Å². The van der Waals surface area contributed by atoms with Crippen molar-refractivity contribution in [3.63, 3.8) is 0 Å². The molecule has 0 aliphatic heterocycles. The fraction of sp³-hybridized carbons (Fsp3) is 0.300. The van der Waals surface area contributed by atoms with Crippen LogP contribution >= 0.6 is 11.6 Å². The van der Waals surface area contributed by atoms with Crippen LogP contribution in [-0.2, 0) is 16.6 Å². The molecule has 0 spiro atoms. The first-order valence-corrected chi connectivity index (χ1v) is 15.3. The molecular formula is C30H31ClN4O4S. The van der Waals surface area contributed by atoms with Gasteiger partial charge in [-0.1, -0.05) is 67.3 Å². The van der Waals surface area contributed by atoms with Crippen LogP contribution in [-0.4, -0.2) is 35.5 Å². The van der Waals surface area contributed by atoms with E-state index >= 15 is 0 Å². The van der Waals surface area contributed by atoms with Crippen LogP contribution in [0, 0.1) is 12.8 Å². The van der Waals surface area contributed by atoms with Crippen LogP contribution in [0.1, 0.15) is 59.5 Å². The largest absolute Gasteiger partial charge is 0.493 e. The lowest BCUT2D eigenvalue weighted by Crippen LogP contribution is -2.29. The van der Waals surface area contributed by atoms with Gasteiger partial charge in [0.2, 0.25) is 0 Å². The number of rotatable bonds is 9. The van der Waals surface area contributed by atoms with Crippen LogP contribution < -0.4 is 9.46 Å². The Morgan fingerprint density at radius 1 is 1.07 bits per heavy atom. The zero-order chi connectivity index (χ0) is 28.1. The van der Waals surface area contributed by atoms with E-state index in [1.807, 2.05) is 35.8 Å². The van der Waals surface area contributed by atoms with Gasteiger partial charge in [-0.2, -0.15) is 0 Å². The number of fused-ring (bicyclic) bond motifs is 1. The van der Waals surface area contributed by atoms with Crippen molar-refractivity contribution in [3.05, 3.63) is 93.7 Å². The Kier molecular flexibility index (Phi) is 8.52. The first-order chi connectivity index (χ1) is 19.3. The van der Waals surface area contributed by atoms with Gasteiger partial charge in [0.05, 0.1) is 18.6 Å². The molecule has 0 radical (unpaired) electrons. The van der Waals surface area contributed by atoms with Gasteiger partial charge in [-0.3, -0.25) is 4.79 Å². The average molecular weight is 579 g/mol. The molecule has 1 N–H and O–H groups in total. The number of nitrogens with one attached hydrogen (secondary N) is 1. The molecule has 0 saturated heterocycles. The summed E-state index contributed by atoms with van der Waals surface area (Å²) in [4.78, 5) is 21.8. The topological polar surface area (TPSA) is 103 Å². The monoisotopic (exact) mass is 578 g/mol. The highest BCUT2D eigenvalue weighted by Gasteiger charge is 2.19. The molecule has 2 heterocycles. The summed E-state index contributed by atoms with van der Waals surface area (Å²) in [7, 11) is -4.03. The number of carbonyl (C=O) groups excluding carboxylic acids is 1. The number of aryl methyl sites for hydroxylation is 1. The number of aromatic nitrogens is 3. The fourth-order valence-corrected chi connectivity index (χ4v) is 5.86. The van der Waals surface area contributed by atoms with E-state index in [0.717, 1.165) is 16.7 Å². The third-order valence-corrected chi connectivity index (χ3v) is 8.37. The van der Waals surface area contributed by atoms with Crippen molar-refractivity contribution < 1.29 is 17.9 Å². The van der Waals surface area contributed by atoms with Gasteiger partial charge in [0.1, 0.15) is 22.8 Å². The second-order valence-corrected chi connectivity index (χ2v) is 12.0. The van der Waals surface area contributed by atoms with Gasteiger partial charge in [-0.25, -0.2) is 23.1 Å². The SMILES string of the molecule is Cc1nc2ccc(C(=O)NS(=O)(=O)/C=C/c3ccccc3)nc2n1Cc1ccc(OCC2CCCCC2)cc1Cl. The Morgan fingerprint density at radius 2 is 1.85 bits per heavy atom. The molecule has 2 aromatic heterocycles. The zero-order valence-corrected chi connectivity index (χ0v) is 23.8. The Hall–Kier alpha value is -3.69. The molecule has 10 heteroatoms. The molecule has 0 unspecified atom stereocenters. The predicted molar refractivity (Wildman–Crippen MR) is 157 cm³/mol. The standard InChI is InChI=1S/C30H31ClN4O4S/c1-21-32-27-14-15-28(30(36)34-40(37,38)17-16-22-8-4-2-5-9-22)33-29(27)35(21)19-24-12-13-25(18-26(24)31)39-20-23-10-6-3-7-11-23/h2,4-5,8-9,12-18,23H,3,6-7,10-11,19-20H2,1H3,(H,34,36)/b17-16+. The van der Waals surface area contributed by atoms with Crippen molar-refractivity contribution in [3.8, 4) is 5.75 Å². The third kappa shape index (κ3) is 6.89. The Morgan fingerprint density at radius 3 is 2.60 bits per heavy atom. The third-order valence-electron chi connectivity index (χ3n) is 7.05. The van der Waals surface area contributed by atoms with Gasteiger partial charge in [0.25, 0.3) is 15.9 Å². The quantitative estimate of drug-likeness (QED) is 0.256. The number of imidazole rings is 1. The number of benzene rings is 2. The lowest BCUT2D eigenvalue weighted by molar-refractivity contribution is 0.0977. The minimum Gasteiger partial charge on any atom is -0.493 e. The van der Waals surface area contributed by atoms with E-state index in [9.17, 15) is 13.2 Å². The van der Waals surface area contributed by atoms with Gasteiger partial charge in [-0.15, -0.1) is 0 Å². The van der Waals surface area contributed by atoms with Gasteiger partial charge < -0.3 is 9.30 Å². The van der Waals surface area contributed by atoms with Crippen molar-refractivity contribution in [2.24, 2.45) is 5.92 Å². The highest BCUT2D eigenvalue weighted by atomic mass is 35.5. The zero-order valence-electron chi connectivity index (χ0n) is 22.2. The second kappa shape index (κ2) is 12.2. The predicted octanol–water partition coefficient (Wildman–Crippen LogP) is 6.13. The van der Waals surface area contributed by atoms with E-state index in [1.165, 1.54) is 44.2 Å². The number of carbonyl (C=O) groups is 1. The minimum atomic E-state index is -4.03. The smallest absolute Gasteiger partial charge is 0.283 e. The van der Waals surface area contributed by atoms with E-state index in [-0.39, 0.29) is 5.69 Å². The molecule has 8 nitrogen and oxygen atoms in total. The molecule has 5 rings (SSSR count). The molecular weight excluding hydrogens is 548 g/mol.